The molecule has 29 heavy (non-hydrogen) atoms. The van der Waals surface area contributed by atoms with Crippen LogP contribution in [-0.2, 0) is 6.42 Å². The van der Waals surface area contributed by atoms with Crippen molar-refractivity contribution in [3.63, 3.8) is 0 Å². The van der Waals surface area contributed by atoms with Gasteiger partial charge in [-0.3, -0.25) is 4.79 Å². The minimum atomic E-state index is -0.0689. The minimum absolute atomic E-state index is 0. The van der Waals surface area contributed by atoms with Crippen molar-refractivity contribution < 1.29 is 9.32 Å². The number of aromatic nitrogens is 2. The SMILES string of the molecule is CC(C)(C)Cc1nc(-c2cccc(C(=O)NCCCN3CCNCC3)c2)no1.Cl. The van der Waals surface area contributed by atoms with E-state index in [0.717, 1.165) is 44.7 Å². The van der Waals surface area contributed by atoms with Gasteiger partial charge in [0.2, 0.25) is 11.7 Å². The van der Waals surface area contributed by atoms with Gasteiger partial charge in [-0.05, 0) is 30.5 Å². The van der Waals surface area contributed by atoms with Gasteiger partial charge in [0, 0.05) is 50.3 Å². The highest BCUT2D eigenvalue weighted by Gasteiger charge is 2.18. The highest BCUT2D eigenvalue weighted by atomic mass is 35.5. The Morgan fingerprint density at radius 2 is 2.03 bits per heavy atom. The minimum Gasteiger partial charge on any atom is -0.352 e. The van der Waals surface area contributed by atoms with Crippen LogP contribution < -0.4 is 10.6 Å². The van der Waals surface area contributed by atoms with E-state index < -0.39 is 0 Å². The summed E-state index contributed by atoms with van der Waals surface area (Å²) in [6.07, 6.45) is 1.67. The van der Waals surface area contributed by atoms with E-state index in [4.69, 9.17) is 4.52 Å². The Morgan fingerprint density at radius 3 is 2.76 bits per heavy atom. The van der Waals surface area contributed by atoms with Gasteiger partial charge in [-0.15, -0.1) is 12.4 Å². The summed E-state index contributed by atoms with van der Waals surface area (Å²) in [6, 6.07) is 7.38. The molecule has 7 nitrogen and oxygen atoms in total. The summed E-state index contributed by atoms with van der Waals surface area (Å²) in [5, 5.41) is 10.4. The van der Waals surface area contributed by atoms with E-state index in [0.29, 0.717) is 30.2 Å². The standard InChI is InChI=1S/C21H31N5O2.ClH/c1-21(2,3)15-18-24-19(25-28-18)16-6-4-7-17(14-16)20(27)23-8-5-11-26-12-9-22-10-13-26;/h4,6-7,14,22H,5,8-13,15H2,1-3H3,(H,23,27);1H. The van der Waals surface area contributed by atoms with Crippen LogP contribution in [0.2, 0.25) is 0 Å². The van der Waals surface area contributed by atoms with E-state index in [-0.39, 0.29) is 23.7 Å². The van der Waals surface area contributed by atoms with Crippen molar-refractivity contribution in [2.24, 2.45) is 5.41 Å². The van der Waals surface area contributed by atoms with Gasteiger partial charge in [0.25, 0.3) is 5.91 Å². The lowest BCUT2D eigenvalue weighted by Crippen LogP contribution is -2.44. The van der Waals surface area contributed by atoms with Crippen molar-refractivity contribution >= 4 is 18.3 Å². The summed E-state index contributed by atoms with van der Waals surface area (Å²) in [6.45, 7) is 12.3. The van der Waals surface area contributed by atoms with Crippen molar-refractivity contribution in [3.8, 4) is 11.4 Å². The van der Waals surface area contributed by atoms with Crippen molar-refractivity contribution in [1.29, 1.82) is 0 Å². The number of benzene rings is 1. The molecule has 1 fully saturated rings. The third kappa shape index (κ3) is 7.42. The zero-order valence-electron chi connectivity index (χ0n) is 17.5. The summed E-state index contributed by atoms with van der Waals surface area (Å²) in [7, 11) is 0. The lowest BCUT2D eigenvalue weighted by molar-refractivity contribution is 0.0951. The first-order valence-electron chi connectivity index (χ1n) is 10.0. The zero-order valence-corrected chi connectivity index (χ0v) is 18.3. The third-order valence-electron chi connectivity index (χ3n) is 4.68. The molecule has 0 bridgehead atoms. The number of halogens is 1. The van der Waals surface area contributed by atoms with Crippen molar-refractivity contribution in [2.45, 2.75) is 33.6 Å². The van der Waals surface area contributed by atoms with Crippen LogP contribution in [0, 0.1) is 5.41 Å². The molecule has 1 aliphatic rings. The molecule has 2 heterocycles. The smallest absolute Gasteiger partial charge is 0.251 e. The van der Waals surface area contributed by atoms with E-state index in [1.807, 2.05) is 24.3 Å². The van der Waals surface area contributed by atoms with Crippen LogP contribution >= 0.6 is 12.4 Å². The maximum Gasteiger partial charge on any atom is 0.251 e. The number of hydrogen-bond donors (Lipinski definition) is 2. The predicted molar refractivity (Wildman–Crippen MR) is 116 cm³/mol. The monoisotopic (exact) mass is 421 g/mol. The van der Waals surface area contributed by atoms with Gasteiger partial charge in [-0.2, -0.15) is 4.98 Å². The van der Waals surface area contributed by atoms with Crippen molar-refractivity contribution in [1.82, 2.24) is 25.7 Å². The number of piperazine rings is 1. The maximum absolute atomic E-state index is 12.5. The van der Waals surface area contributed by atoms with Crippen molar-refractivity contribution in [3.05, 3.63) is 35.7 Å². The van der Waals surface area contributed by atoms with E-state index in [1.54, 1.807) is 0 Å². The summed E-state index contributed by atoms with van der Waals surface area (Å²) in [4.78, 5) is 19.4. The molecule has 2 N–H and O–H groups in total. The molecule has 1 amide bonds. The molecule has 0 saturated carbocycles. The Labute approximate surface area is 179 Å². The summed E-state index contributed by atoms with van der Waals surface area (Å²) >= 11 is 0. The molecule has 160 valence electrons. The number of rotatable bonds is 7. The highest BCUT2D eigenvalue weighted by molar-refractivity contribution is 5.95. The fourth-order valence-electron chi connectivity index (χ4n) is 3.24. The molecule has 8 heteroatoms. The number of nitrogens with zero attached hydrogens (tertiary/aromatic N) is 3. The molecule has 0 unspecified atom stereocenters. The van der Waals surface area contributed by atoms with E-state index in [2.05, 4.69) is 46.4 Å². The molecule has 1 aliphatic heterocycles. The Balaban J connectivity index is 0.00000300. The lowest BCUT2D eigenvalue weighted by Gasteiger charge is -2.27. The second-order valence-corrected chi connectivity index (χ2v) is 8.53. The topological polar surface area (TPSA) is 83.3 Å². The predicted octanol–water partition coefficient (Wildman–Crippen LogP) is 2.77. The first-order valence-corrected chi connectivity index (χ1v) is 10.0. The molecule has 1 aromatic carbocycles. The molecule has 1 saturated heterocycles. The summed E-state index contributed by atoms with van der Waals surface area (Å²) < 4.78 is 5.36. The molecule has 0 aliphatic carbocycles. The summed E-state index contributed by atoms with van der Waals surface area (Å²) in [5.41, 5.74) is 1.48. The van der Waals surface area contributed by atoms with Gasteiger partial charge in [0.15, 0.2) is 0 Å². The van der Waals surface area contributed by atoms with Crippen LogP contribution in [0.5, 0.6) is 0 Å². The zero-order chi connectivity index (χ0) is 20.0. The molecule has 1 aromatic heterocycles. The quantitative estimate of drug-likeness (QED) is 0.669. The van der Waals surface area contributed by atoms with Crippen LogP contribution in [-0.4, -0.2) is 60.2 Å². The largest absolute Gasteiger partial charge is 0.352 e. The van der Waals surface area contributed by atoms with Crippen LogP contribution in [0.15, 0.2) is 28.8 Å². The maximum atomic E-state index is 12.5. The molecule has 0 radical (unpaired) electrons. The Morgan fingerprint density at radius 1 is 1.28 bits per heavy atom. The first kappa shape index (κ1) is 23.3. The van der Waals surface area contributed by atoms with Crippen molar-refractivity contribution in [2.75, 3.05) is 39.3 Å². The second kappa shape index (κ2) is 10.7. The van der Waals surface area contributed by atoms with Crippen LogP contribution in [0.4, 0.5) is 0 Å². The fraction of sp³-hybridized carbons (Fsp3) is 0.571. The van der Waals surface area contributed by atoms with E-state index in [9.17, 15) is 4.79 Å². The van der Waals surface area contributed by atoms with Crippen LogP contribution in [0.3, 0.4) is 0 Å². The lowest BCUT2D eigenvalue weighted by atomic mass is 9.92. The number of hydrogen-bond acceptors (Lipinski definition) is 6. The average Bonchev–Trinajstić information content (AvgIpc) is 3.13. The molecule has 3 rings (SSSR count). The molecular weight excluding hydrogens is 390 g/mol. The van der Waals surface area contributed by atoms with Gasteiger partial charge >= 0.3 is 0 Å². The van der Waals surface area contributed by atoms with Gasteiger partial charge in [-0.25, -0.2) is 0 Å². The Kier molecular flexibility index (Phi) is 8.61. The molecule has 0 spiro atoms. The van der Waals surface area contributed by atoms with Gasteiger partial charge in [0.1, 0.15) is 0 Å². The summed E-state index contributed by atoms with van der Waals surface area (Å²) in [5.74, 6) is 1.07. The average molecular weight is 422 g/mol. The molecule has 0 atom stereocenters. The first-order chi connectivity index (χ1) is 13.4. The third-order valence-corrected chi connectivity index (χ3v) is 4.68. The van der Waals surface area contributed by atoms with Gasteiger partial charge in [0.05, 0.1) is 0 Å². The molecular formula is C21H32ClN5O2. The number of carbonyl (C=O) groups excluding carboxylic acids is 1. The Bertz CT molecular complexity index is 781. The van der Waals surface area contributed by atoms with Crippen LogP contribution in [0.1, 0.15) is 43.4 Å². The van der Waals surface area contributed by atoms with Gasteiger partial charge in [-0.1, -0.05) is 38.1 Å². The fourth-order valence-corrected chi connectivity index (χ4v) is 3.24. The van der Waals surface area contributed by atoms with E-state index >= 15 is 0 Å². The molecule has 2 aromatic rings. The normalized spacial score (nSPS) is 15.0. The van der Waals surface area contributed by atoms with Gasteiger partial charge < -0.3 is 20.1 Å². The number of nitrogens with one attached hydrogen (secondary N) is 2. The highest BCUT2D eigenvalue weighted by Crippen LogP contribution is 2.22. The number of amides is 1. The van der Waals surface area contributed by atoms with Crippen LogP contribution in [0.25, 0.3) is 11.4 Å². The Hall–Kier alpha value is -1.96. The second-order valence-electron chi connectivity index (χ2n) is 8.53. The number of carbonyl (C=O) groups is 1. The van der Waals surface area contributed by atoms with E-state index in [1.165, 1.54) is 0 Å².